The molecule has 3 rings (SSSR count). The Morgan fingerprint density at radius 3 is 1.50 bits per heavy atom. The van der Waals surface area contributed by atoms with Crippen molar-refractivity contribution in [3.05, 3.63) is 96.1 Å². The minimum atomic E-state index is -0.645. The highest BCUT2D eigenvalue weighted by Gasteiger charge is 2.23. The lowest BCUT2D eigenvalue weighted by Gasteiger charge is -2.20. The molecule has 0 bridgehead atoms. The first-order valence-electron chi connectivity index (χ1n) is 13.8. The molecule has 0 N–H and O–H groups in total. The molecule has 0 saturated carbocycles. The van der Waals surface area contributed by atoms with E-state index in [1.807, 2.05) is 13.8 Å². The van der Waals surface area contributed by atoms with E-state index in [2.05, 4.69) is 19.7 Å². The van der Waals surface area contributed by atoms with E-state index >= 15 is 0 Å². The van der Waals surface area contributed by atoms with Gasteiger partial charge in [-0.15, -0.1) is 0 Å². The number of benzene rings is 3. The van der Waals surface area contributed by atoms with Crippen molar-refractivity contribution < 1.29 is 38.1 Å². The van der Waals surface area contributed by atoms with Crippen molar-refractivity contribution in [2.24, 2.45) is 5.92 Å². The van der Waals surface area contributed by atoms with Crippen LogP contribution in [0.15, 0.2) is 85.0 Å². The maximum atomic E-state index is 12.8. The number of aryl methyl sites for hydroxylation is 2. The molecule has 44 heavy (non-hydrogen) atoms. The molecule has 3 aromatic carbocycles. The first kappa shape index (κ1) is 33.3. The number of ether oxygens (including phenoxy) is 4. The van der Waals surface area contributed by atoms with Crippen LogP contribution >= 0.6 is 0 Å². The Hall–Kier alpha value is -5.24. The predicted molar refractivity (Wildman–Crippen MR) is 169 cm³/mol. The lowest BCUT2D eigenvalue weighted by molar-refractivity contribution is -0.138. The summed E-state index contributed by atoms with van der Waals surface area (Å²) in [5, 5.41) is 0. The monoisotopic (exact) mass is 596 g/mol. The summed E-state index contributed by atoms with van der Waals surface area (Å²) in [4.78, 5) is 49.7. The van der Waals surface area contributed by atoms with Gasteiger partial charge in [-0.3, -0.25) is 4.79 Å². The first-order valence-corrected chi connectivity index (χ1v) is 13.8. The molecule has 8 heteroatoms. The third kappa shape index (κ3) is 7.98. The minimum absolute atomic E-state index is 0.187. The molecule has 0 aromatic heterocycles. The molecule has 0 amide bonds. The van der Waals surface area contributed by atoms with Crippen molar-refractivity contribution in [3.63, 3.8) is 0 Å². The van der Waals surface area contributed by atoms with Gasteiger partial charge >= 0.3 is 23.9 Å². The number of hydrogen-bond donors (Lipinski definition) is 0. The van der Waals surface area contributed by atoms with Crippen LogP contribution in [0.25, 0.3) is 22.3 Å². The minimum Gasteiger partial charge on any atom is -0.426 e. The molecule has 228 valence electrons. The Morgan fingerprint density at radius 1 is 0.591 bits per heavy atom. The highest BCUT2D eigenvalue weighted by molar-refractivity contribution is 5.93. The van der Waals surface area contributed by atoms with Gasteiger partial charge in [0.05, 0.1) is 5.92 Å². The van der Waals surface area contributed by atoms with Crippen LogP contribution in [-0.4, -0.2) is 23.9 Å². The maximum Gasteiger partial charge on any atom is 0.338 e. The molecule has 0 atom stereocenters. The highest BCUT2D eigenvalue weighted by atomic mass is 16.5. The van der Waals surface area contributed by atoms with E-state index < -0.39 is 29.8 Å². The maximum absolute atomic E-state index is 12.8. The zero-order valence-corrected chi connectivity index (χ0v) is 26.1. The van der Waals surface area contributed by atoms with E-state index in [4.69, 9.17) is 18.9 Å². The van der Waals surface area contributed by atoms with Gasteiger partial charge in [-0.1, -0.05) is 45.7 Å². The summed E-state index contributed by atoms with van der Waals surface area (Å²) < 4.78 is 22.4. The molecule has 0 spiro atoms. The summed E-state index contributed by atoms with van der Waals surface area (Å²) in [5.41, 5.74) is 4.31. The van der Waals surface area contributed by atoms with Gasteiger partial charge in [0.25, 0.3) is 0 Å². The van der Waals surface area contributed by atoms with E-state index in [1.54, 1.807) is 76.2 Å². The van der Waals surface area contributed by atoms with Crippen molar-refractivity contribution in [2.75, 3.05) is 0 Å². The van der Waals surface area contributed by atoms with E-state index in [9.17, 15) is 19.2 Å². The van der Waals surface area contributed by atoms with Crippen molar-refractivity contribution in [2.45, 2.75) is 48.5 Å². The number of carbonyl (C=O) groups excluding carboxylic acids is 4. The van der Waals surface area contributed by atoms with Gasteiger partial charge in [-0.2, -0.15) is 0 Å². The average Bonchev–Trinajstić information content (AvgIpc) is 2.93. The lowest BCUT2D eigenvalue weighted by atomic mass is 9.92. The topological polar surface area (TPSA) is 105 Å². The fraction of sp³-hybridized carbons (Fsp3) is 0.222. The summed E-state index contributed by atoms with van der Waals surface area (Å²) in [6.07, 6.45) is 0. The van der Waals surface area contributed by atoms with Gasteiger partial charge < -0.3 is 18.9 Å². The number of esters is 4. The number of hydrogen-bond acceptors (Lipinski definition) is 8. The zero-order chi connectivity index (χ0) is 32.9. The van der Waals surface area contributed by atoms with Gasteiger partial charge in [0.15, 0.2) is 0 Å². The lowest BCUT2D eigenvalue weighted by Crippen LogP contribution is -2.16. The smallest absolute Gasteiger partial charge is 0.338 e. The Bertz CT molecular complexity index is 1670. The summed E-state index contributed by atoms with van der Waals surface area (Å²) >= 11 is 0. The van der Waals surface area contributed by atoms with Crippen LogP contribution in [0.3, 0.4) is 0 Å². The average molecular weight is 597 g/mol. The van der Waals surface area contributed by atoms with Crippen LogP contribution < -0.4 is 18.9 Å². The summed E-state index contributed by atoms with van der Waals surface area (Å²) in [5.74, 6) is -1.62. The Kier molecular flexibility index (Phi) is 10.4. The number of rotatable bonds is 10. The predicted octanol–water partition coefficient (Wildman–Crippen LogP) is 7.64. The molecule has 0 aliphatic rings. The van der Waals surface area contributed by atoms with Crippen LogP contribution in [0.5, 0.6) is 23.0 Å². The normalized spacial score (nSPS) is 10.5. The fourth-order valence-electron chi connectivity index (χ4n) is 4.06. The van der Waals surface area contributed by atoms with Gasteiger partial charge in [0.2, 0.25) is 0 Å². The molecule has 8 nitrogen and oxygen atoms in total. The van der Waals surface area contributed by atoms with Crippen molar-refractivity contribution in [3.8, 4) is 45.3 Å². The Morgan fingerprint density at radius 2 is 1.02 bits per heavy atom. The van der Waals surface area contributed by atoms with Gasteiger partial charge in [-0.05, 0) is 93.3 Å². The molecular formula is C36H36O8. The molecule has 0 heterocycles. The van der Waals surface area contributed by atoms with Crippen LogP contribution in [-0.2, 0) is 19.2 Å². The van der Waals surface area contributed by atoms with Crippen LogP contribution in [0.4, 0.5) is 0 Å². The largest absolute Gasteiger partial charge is 0.426 e. The Balaban J connectivity index is 2.26. The molecule has 0 unspecified atom stereocenters. The van der Waals surface area contributed by atoms with E-state index in [0.29, 0.717) is 44.9 Å². The van der Waals surface area contributed by atoms with E-state index in [0.717, 1.165) is 0 Å². The summed E-state index contributed by atoms with van der Waals surface area (Å²) in [6, 6.07) is 13.2. The fourth-order valence-corrected chi connectivity index (χ4v) is 4.06. The SMILES string of the molecule is C=C(C)C(=O)Oc1ccc(-c2cc(OC(=O)C(=C)C)c(-c3c(C)cc(OC(=O)C(=C)C)cc3C)cc2OC(=O)C(C)C)cc1. The second kappa shape index (κ2) is 13.8. The molecule has 0 radical (unpaired) electrons. The second-order valence-electron chi connectivity index (χ2n) is 10.9. The van der Waals surface area contributed by atoms with Crippen LogP contribution in [0.2, 0.25) is 0 Å². The quantitative estimate of drug-likeness (QED) is 0.134. The molecule has 0 saturated heterocycles. The molecule has 3 aromatic rings. The van der Waals surface area contributed by atoms with Gasteiger partial charge in [0.1, 0.15) is 23.0 Å². The summed E-state index contributed by atoms with van der Waals surface area (Å²) in [6.45, 7) is 22.6. The third-order valence-electron chi connectivity index (χ3n) is 6.37. The second-order valence-corrected chi connectivity index (χ2v) is 10.9. The molecule has 0 fully saturated rings. The number of carbonyl (C=O) groups is 4. The third-order valence-corrected chi connectivity index (χ3v) is 6.37. The molecular weight excluding hydrogens is 560 g/mol. The highest BCUT2D eigenvalue weighted by Crippen LogP contribution is 2.44. The molecule has 0 aliphatic heterocycles. The standard InChI is InChI=1S/C36H36O8/c1-19(2)33(37)41-26-13-11-25(12-14-26)28-17-31(44-36(40)22(7)8)29(18-30(28)43-35(39)21(5)6)32-23(9)15-27(16-24(32)10)42-34(38)20(3)4/h11-18,21H,1,3,7H2,2,4-6,8-10H3. The van der Waals surface area contributed by atoms with Crippen molar-refractivity contribution >= 4 is 23.9 Å². The molecule has 0 aliphatic carbocycles. The van der Waals surface area contributed by atoms with Crippen molar-refractivity contribution in [1.82, 2.24) is 0 Å². The van der Waals surface area contributed by atoms with Crippen molar-refractivity contribution in [1.29, 1.82) is 0 Å². The van der Waals surface area contributed by atoms with Crippen LogP contribution in [0.1, 0.15) is 45.7 Å². The van der Waals surface area contributed by atoms with Crippen LogP contribution in [0, 0.1) is 19.8 Å². The van der Waals surface area contributed by atoms with E-state index in [1.165, 1.54) is 6.92 Å². The zero-order valence-electron chi connectivity index (χ0n) is 26.1. The Labute approximate surface area is 257 Å². The summed E-state index contributed by atoms with van der Waals surface area (Å²) in [7, 11) is 0. The van der Waals surface area contributed by atoms with E-state index in [-0.39, 0.29) is 28.2 Å². The van der Waals surface area contributed by atoms with Gasteiger partial charge in [-0.25, -0.2) is 14.4 Å². The van der Waals surface area contributed by atoms with Gasteiger partial charge in [0, 0.05) is 27.8 Å². The first-order chi connectivity index (χ1) is 20.6.